The van der Waals surface area contributed by atoms with Crippen LogP contribution in [-0.2, 0) is 11.2 Å². The van der Waals surface area contributed by atoms with Gasteiger partial charge in [0.05, 0.1) is 0 Å². The first-order chi connectivity index (χ1) is 6.99. The summed E-state index contributed by atoms with van der Waals surface area (Å²) < 4.78 is 25.3. The molecule has 0 unspecified atom stereocenters. The molecule has 0 saturated carbocycles. The molecule has 0 heterocycles. The molecule has 0 atom stereocenters. The number of hydrogen-bond acceptors (Lipinski definition) is 1. The van der Waals surface area contributed by atoms with Gasteiger partial charge in [-0.3, -0.25) is 4.79 Å². The Morgan fingerprint density at radius 3 is 2.60 bits per heavy atom. The lowest BCUT2D eigenvalue weighted by atomic mass is 10.1. The first-order valence-electron chi connectivity index (χ1n) is 4.28. The molecule has 0 radical (unpaired) electrons. The van der Waals surface area contributed by atoms with E-state index < -0.39 is 12.4 Å². The maximum Gasteiger partial charge on any atom is 0.303 e. The number of benzene rings is 1. The van der Waals surface area contributed by atoms with E-state index in [1.807, 2.05) is 0 Å². The van der Waals surface area contributed by atoms with Crippen molar-refractivity contribution in [1.29, 1.82) is 0 Å². The SMILES string of the molecule is O=C(O)CCc1cc(Br)cc(C(F)F)c1. The number of carbonyl (C=O) groups is 1. The summed E-state index contributed by atoms with van der Waals surface area (Å²) in [4.78, 5) is 10.3. The Labute approximate surface area is 94.0 Å². The van der Waals surface area contributed by atoms with Crippen molar-refractivity contribution in [2.75, 3.05) is 0 Å². The molecule has 0 aliphatic carbocycles. The summed E-state index contributed by atoms with van der Waals surface area (Å²) in [5.74, 6) is -0.937. The van der Waals surface area contributed by atoms with Crippen molar-refractivity contribution < 1.29 is 18.7 Å². The molecule has 1 aromatic carbocycles. The van der Waals surface area contributed by atoms with Crippen molar-refractivity contribution in [3.05, 3.63) is 33.8 Å². The van der Waals surface area contributed by atoms with Crippen molar-refractivity contribution >= 4 is 21.9 Å². The van der Waals surface area contributed by atoms with Gasteiger partial charge in [-0.15, -0.1) is 0 Å². The number of carboxylic acids is 1. The lowest BCUT2D eigenvalue weighted by Gasteiger charge is -2.05. The van der Waals surface area contributed by atoms with Gasteiger partial charge in [-0.05, 0) is 24.1 Å². The molecule has 1 rings (SSSR count). The van der Waals surface area contributed by atoms with Crippen LogP contribution in [0.5, 0.6) is 0 Å². The Kier molecular flexibility index (Phi) is 4.20. The summed E-state index contributed by atoms with van der Waals surface area (Å²) in [6.45, 7) is 0. The van der Waals surface area contributed by atoms with Gasteiger partial charge in [0.1, 0.15) is 0 Å². The van der Waals surface area contributed by atoms with Crippen LogP contribution in [0.15, 0.2) is 22.7 Å². The van der Waals surface area contributed by atoms with Gasteiger partial charge in [-0.1, -0.05) is 22.0 Å². The number of alkyl halides is 2. The van der Waals surface area contributed by atoms with Crippen molar-refractivity contribution in [2.45, 2.75) is 19.3 Å². The van der Waals surface area contributed by atoms with Crippen molar-refractivity contribution in [3.63, 3.8) is 0 Å². The number of aliphatic carboxylic acids is 1. The summed E-state index contributed by atoms with van der Waals surface area (Å²) >= 11 is 3.11. The van der Waals surface area contributed by atoms with E-state index in [1.54, 1.807) is 6.07 Å². The molecule has 0 bridgehead atoms. The number of hydrogen-bond donors (Lipinski definition) is 1. The fraction of sp³-hybridized carbons (Fsp3) is 0.300. The quantitative estimate of drug-likeness (QED) is 0.917. The van der Waals surface area contributed by atoms with Gasteiger partial charge >= 0.3 is 5.97 Å². The lowest BCUT2D eigenvalue weighted by Crippen LogP contribution is -1.98. The highest BCUT2D eigenvalue weighted by Crippen LogP contribution is 2.24. The molecule has 5 heteroatoms. The molecule has 0 amide bonds. The maximum absolute atomic E-state index is 12.4. The predicted molar refractivity (Wildman–Crippen MR) is 55.1 cm³/mol. The molecule has 2 nitrogen and oxygen atoms in total. The minimum atomic E-state index is -2.54. The molecule has 0 fully saturated rings. The molecular formula is C10H9BrF2O2. The molecule has 0 aromatic heterocycles. The Morgan fingerprint density at radius 2 is 2.07 bits per heavy atom. The van der Waals surface area contributed by atoms with E-state index in [0.717, 1.165) is 0 Å². The monoisotopic (exact) mass is 278 g/mol. The van der Waals surface area contributed by atoms with Crippen LogP contribution in [-0.4, -0.2) is 11.1 Å². The molecule has 0 saturated heterocycles. The molecule has 1 aromatic rings. The fourth-order valence-electron chi connectivity index (χ4n) is 1.20. The summed E-state index contributed by atoms with van der Waals surface area (Å²) in [6, 6.07) is 4.31. The average Bonchev–Trinajstić information content (AvgIpc) is 2.13. The summed E-state index contributed by atoms with van der Waals surface area (Å²) in [7, 11) is 0. The molecule has 0 aliphatic heterocycles. The summed E-state index contributed by atoms with van der Waals surface area (Å²) in [5.41, 5.74) is 0.506. The first-order valence-corrected chi connectivity index (χ1v) is 5.07. The lowest BCUT2D eigenvalue weighted by molar-refractivity contribution is -0.136. The van der Waals surface area contributed by atoms with Gasteiger partial charge in [0, 0.05) is 16.5 Å². The molecule has 15 heavy (non-hydrogen) atoms. The molecule has 82 valence electrons. The number of aryl methyl sites for hydroxylation is 1. The second-order valence-electron chi connectivity index (χ2n) is 3.09. The van der Waals surface area contributed by atoms with Crippen LogP contribution in [0.1, 0.15) is 24.0 Å². The van der Waals surface area contributed by atoms with E-state index in [9.17, 15) is 13.6 Å². The highest BCUT2D eigenvalue weighted by atomic mass is 79.9. The topological polar surface area (TPSA) is 37.3 Å². The van der Waals surface area contributed by atoms with Gasteiger partial charge in [0.2, 0.25) is 0 Å². The molecular weight excluding hydrogens is 270 g/mol. The first kappa shape index (κ1) is 12.1. The standard InChI is InChI=1S/C10H9BrF2O2/c11-8-4-6(1-2-9(14)15)3-7(5-8)10(12)13/h3-5,10H,1-2H2,(H,14,15). The van der Waals surface area contributed by atoms with E-state index in [-0.39, 0.29) is 18.4 Å². The Morgan fingerprint density at radius 1 is 1.40 bits per heavy atom. The zero-order valence-electron chi connectivity index (χ0n) is 7.71. The third-order valence-corrected chi connectivity index (χ3v) is 2.32. The van der Waals surface area contributed by atoms with Gasteiger partial charge in [-0.2, -0.15) is 0 Å². The minimum Gasteiger partial charge on any atom is -0.481 e. The predicted octanol–water partition coefficient (Wildman–Crippen LogP) is 3.40. The van der Waals surface area contributed by atoms with E-state index in [2.05, 4.69) is 15.9 Å². The van der Waals surface area contributed by atoms with Crippen LogP contribution >= 0.6 is 15.9 Å². The third kappa shape index (κ3) is 3.95. The number of halogens is 3. The Hall–Kier alpha value is -0.970. The molecule has 0 spiro atoms. The van der Waals surface area contributed by atoms with E-state index in [0.29, 0.717) is 10.0 Å². The largest absolute Gasteiger partial charge is 0.481 e. The third-order valence-electron chi connectivity index (χ3n) is 1.86. The van der Waals surface area contributed by atoms with Crippen LogP contribution in [0.2, 0.25) is 0 Å². The Balaban J connectivity index is 2.84. The van der Waals surface area contributed by atoms with Gasteiger partial charge in [0.15, 0.2) is 0 Å². The van der Waals surface area contributed by atoms with Crippen LogP contribution in [0.4, 0.5) is 8.78 Å². The van der Waals surface area contributed by atoms with E-state index in [4.69, 9.17) is 5.11 Å². The zero-order chi connectivity index (χ0) is 11.4. The number of rotatable bonds is 4. The highest BCUT2D eigenvalue weighted by Gasteiger charge is 2.09. The summed E-state index contributed by atoms with van der Waals surface area (Å²) in [6.07, 6.45) is -2.33. The van der Waals surface area contributed by atoms with Gasteiger partial charge < -0.3 is 5.11 Å². The van der Waals surface area contributed by atoms with Crippen LogP contribution in [0.25, 0.3) is 0 Å². The van der Waals surface area contributed by atoms with Gasteiger partial charge in [0.25, 0.3) is 6.43 Å². The molecule has 1 N–H and O–H groups in total. The molecule has 0 aliphatic rings. The smallest absolute Gasteiger partial charge is 0.303 e. The summed E-state index contributed by atoms with van der Waals surface area (Å²) in [5, 5.41) is 8.46. The maximum atomic E-state index is 12.4. The number of carboxylic acid groups (broad SMARTS) is 1. The van der Waals surface area contributed by atoms with Crippen molar-refractivity contribution in [2.24, 2.45) is 0 Å². The van der Waals surface area contributed by atoms with Crippen LogP contribution in [0, 0.1) is 0 Å². The second kappa shape index (κ2) is 5.21. The van der Waals surface area contributed by atoms with E-state index >= 15 is 0 Å². The fourth-order valence-corrected chi connectivity index (χ4v) is 1.76. The van der Waals surface area contributed by atoms with Crippen molar-refractivity contribution in [3.8, 4) is 0 Å². The zero-order valence-corrected chi connectivity index (χ0v) is 9.30. The van der Waals surface area contributed by atoms with Gasteiger partial charge in [-0.25, -0.2) is 8.78 Å². The average molecular weight is 279 g/mol. The Bertz CT molecular complexity index is 366. The minimum absolute atomic E-state index is 0.0564. The van der Waals surface area contributed by atoms with Crippen LogP contribution in [0.3, 0.4) is 0 Å². The highest BCUT2D eigenvalue weighted by molar-refractivity contribution is 9.10. The normalized spacial score (nSPS) is 10.7. The van der Waals surface area contributed by atoms with E-state index in [1.165, 1.54) is 12.1 Å². The second-order valence-corrected chi connectivity index (χ2v) is 4.00. The van der Waals surface area contributed by atoms with Crippen molar-refractivity contribution in [1.82, 2.24) is 0 Å². The van der Waals surface area contributed by atoms with Crippen LogP contribution < -0.4 is 0 Å².